The van der Waals surface area contributed by atoms with Gasteiger partial charge in [0.2, 0.25) is 15.9 Å². The minimum absolute atomic E-state index is 0.0460. The highest BCUT2D eigenvalue weighted by atomic mass is 35.5. The lowest BCUT2D eigenvalue weighted by molar-refractivity contribution is -0.115. The van der Waals surface area contributed by atoms with E-state index in [1.807, 2.05) is 30.3 Å². The summed E-state index contributed by atoms with van der Waals surface area (Å²) in [5.74, 6) is -0.110. The van der Waals surface area contributed by atoms with Gasteiger partial charge in [0.25, 0.3) is 0 Å². The van der Waals surface area contributed by atoms with E-state index in [4.69, 9.17) is 16.3 Å². The Morgan fingerprint density at radius 2 is 1.88 bits per heavy atom. The van der Waals surface area contributed by atoms with Gasteiger partial charge in [0, 0.05) is 5.02 Å². The van der Waals surface area contributed by atoms with Gasteiger partial charge >= 0.3 is 0 Å². The summed E-state index contributed by atoms with van der Waals surface area (Å²) in [6.07, 6.45) is 1.14. The average molecular weight is 397 g/mol. The number of benzene rings is 2. The summed E-state index contributed by atoms with van der Waals surface area (Å²) in [5.41, 5.74) is 1.46. The van der Waals surface area contributed by atoms with Crippen LogP contribution in [0.3, 0.4) is 0 Å². The van der Waals surface area contributed by atoms with E-state index in [-0.39, 0.29) is 12.3 Å². The first-order valence-corrected chi connectivity index (χ1v) is 10.1. The lowest BCUT2D eigenvalue weighted by Crippen LogP contribution is -2.34. The number of anilines is 1. The number of methoxy groups -OCH3 is 1. The Hall–Kier alpha value is -2.09. The van der Waals surface area contributed by atoms with Crippen LogP contribution in [0.2, 0.25) is 5.02 Å². The molecule has 0 atom stereocenters. The predicted molar refractivity (Wildman–Crippen MR) is 103 cm³/mol. The number of carbonyl (C=O) groups is 1. The summed E-state index contributed by atoms with van der Waals surface area (Å²) in [6.45, 7) is -0.358. The molecule has 1 amide bonds. The van der Waals surface area contributed by atoms with Crippen LogP contribution in [0, 0.1) is 0 Å². The molecule has 0 bridgehead atoms. The zero-order valence-corrected chi connectivity index (χ0v) is 15.9. The predicted octanol–water partition coefficient (Wildman–Crippen LogP) is 2.84. The molecule has 0 aliphatic carbocycles. The first kappa shape index (κ1) is 20.2. The van der Waals surface area contributed by atoms with Crippen molar-refractivity contribution in [1.82, 2.24) is 4.72 Å². The summed E-state index contributed by atoms with van der Waals surface area (Å²) < 4.78 is 31.5. The van der Waals surface area contributed by atoms with Crippen LogP contribution in [0.25, 0.3) is 0 Å². The zero-order chi connectivity index (χ0) is 19.0. The van der Waals surface area contributed by atoms with Crippen molar-refractivity contribution in [3.05, 3.63) is 59.1 Å². The Bertz CT molecular complexity index is 842. The number of aryl methyl sites for hydroxylation is 1. The number of rotatable bonds is 9. The minimum atomic E-state index is -3.53. The van der Waals surface area contributed by atoms with Crippen LogP contribution < -0.4 is 14.8 Å². The van der Waals surface area contributed by atoms with E-state index in [2.05, 4.69) is 10.0 Å². The Morgan fingerprint density at radius 3 is 2.58 bits per heavy atom. The van der Waals surface area contributed by atoms with Crippen molar-refractivity contribution in [2.24, 2.45) is 0 Å². The zero-order valence-electron chi connectivity index (χ0n) is 14.4. The number of sulfonamides is 1. The lowest BCUT2D eigenvalue weighted by atomic mass is 10.1. The maximum Gasteiger partial charge on any atom is 0.239 e. The smallest absolute Gasteiger partial charge is 0.239 e. The third-order valence-corrected chi connectivity index (χ3v) is 5.25. The summed E-state index contributed by atoms with van der Waals surface area (Å²) in [7, 11) is -2.06. The second-order valence-corrected chi connectivity index (χ2v) is 7.98. The largest absolute Gasteiger partial charge is 0.495 e. The normalized spacial score (nSPS) is 11.2. The maximum absolute atomic E-state index is 12.0. The van der Waals surface area contributed by atoms with E-state index >= 15 is 0 Å². The molecule has 2 N–H and O–H groups in total. The van der Waals surface area contributed by atoms with Crippen LogP contribution in [-0.4, -0.2) is 33.7 Å². The molecule has 0 unspecified atom stereocenters. The van der Waals surface area contributed by atoms with E-state index in [0.29, 0.717) is 29.3 Å². The molecule has 0 saturated carbocycles. The molecule has 140 valence electrons. The van der Waals surface area contributed by atoms with Crippen molar-refractivity contribution in [3.63, 3.8) is 0 Å². The summed E-state index contributed by atoms with van der Waals surface area (Å²) in [5, 5.41) is 3.01. The van der Waals surface area contributed by atoms with Gasteiger partial charge in [-0.05, 0) is 36.6 Å². The quantitative estimate of drug-likeness (QED) is 0.682. The Kier molecular flexibility index (Phi) is 7.44. The molecule has 0 aliphatic heterocycles. The van der Waals surface area contributed by atoms with Gasteiger partial charge in [0.15, 0.2) is 0 Å². The summed E-state index contributed by atoms with van der Waals surface area (Å²) >= 11 is 5.90. The van der Waals surface area contributed by atoms with Gasteiger partial charge in [-0.2, -0.15) is 0 Å². The topological polar surface area (TPSA) is 84.5 Å². The van der Waals surface area contributed by atoms with Crippen molar-refractivity contribution in [3.8, 4) is 5.75 Å². The second-order valence-electron chi connectivity index (χ2n) is 5.62. The standard InChI is InChI=1S/C18H21ClN2O4S/c1-25-17-10-9-15(19)12-16(17)21-18(22)13-20-26(23,24)11-5-8-14-6-3-2-4-7-14/h2-4,6-7,9-10,12,20H,5,8,11,13H2,1H3,(H,21,22). The van der Waals surface area contributed by atoms with E-state index in [0.717, 1.165) is 5.56 Å². The molecular formula is C18H21ClN2O4S. The highest BCUT2D eigenvalue weighted by Gasteiger charge is 2.14. The number of nitrogens with one attached hydrogen (secondary N) is 2. The average Bonchev–Trinajstić information content (AvgIpc) is 2.61. The van der Waals surface area contributed by atoms with Gasteiger partial charge in [-0.25, -0.2) is 13.1 Å². The van der Waals surface area contributed by atoms with E-state index in [1.165, 1.54) is 13.2 Å². The third-order valence-electron chi connectivity index (χ3n) is 3.61. The number of carbonyl (C=O) groups excluding carboxylic acids is 1. The van der Waals surface area contributed by atoms with Gasteiger partial charge in [-0.15, -0.1) is 0 Å². The van der Waals surface area contributed by atoms with E-state index < -0.39 is 15.9 Å². The van der Waals surface area contributed by atoms with E-state index in [1.54, 1.807) is 12.1 Å². The molecule has 2 aromatic carbocycles. The maximum atomic E-state index is 12.0. The fourth-order valence-electron chi connectivity index (χ4n) is 2.33. The van der Waals surface area contributed by atoms with Crippen molar-refractivity contribution in [2.75, 3.05) is 24.7 Å². The first-order valence-electron chi connectivity index (χ1n) is 8.04. The summed E-state index contributed by atoms with van der Waals surface area (Å²) in [6, 6.07) is 14.4. The highest BCUT2D eigenvalue weighted by Crippen LogP contribution is 2.27. The molecule has 0 aromatic heterocycles. The highest BCUT2D eigenvalue weighted by molar-refractivity contribution is 7.89. The van der Waals surface area contributed by atoms with Crippen molar-refractivity contribution >= 4 is 33.2 Å². The molecule has 2 aromatic rings. The first-order chi connectivity index (χ1) is 12.4. The van der Waals surface area contributed by atoms with Gasteiger partial charge in [0.05, 0.1) is 25.1 Å². The third kappa shape index (κ3) is 6.67. The second kappa shape index (κ2) is 9.56. The Morgan fingerprint density at radius 1 is 1.15 bits per heavy atom. The monoisotopic (exact) mass is 396 g/mol. The molecule has 0 spiro atoms. The fraction of sp³-hybridized carbons (Fsp3) is 0.278. The van der Waals surface area contributed by atoms with Crippen molar-refractivity contribution < 1.29 is 17.9 Å². The van der Waals surface area contributed by atoms with Gasteiger partial charge in [0.1, 0.15) is 5.75 Å². The fourth-order valence-corrected chi connectivity index (χ4v) is 3.52. The molecule has 6 nitrogen and oxygen atoms in total. The van der Waals surface area contributed by atoms with Crippen LogP contribution in [-0.2, 0) is 21.2 Å². The molecule has 8 heteroatoms. The van der Waals surface area contributed by atoms with Crippen LogP contribution in [0.4, 0.5) is 5.69 Å². The molecule has 0 radical (unpaired) electrons. The number of hydrogen-bond acceptors (Lipinski definition) is 4. The molecule has 0 saturated heterocycles. The number of ether oxygens (including phenoxy) is 1. The number of halogens is 1. The molecule has 0 aliphatic rings. The van der Waals surface area contributed by atoms with E-state index in [9.17, 15) is 13.2 Å². The minimum Gasteiger partial charge on any atom is -0.495 e. The van der Waals surface area contributed by atoms with Gasteiger partial charge < -0.3 is 10.1 Å². The molecular weight excluding hydrogens is 376 g/mol. The Labute approximate surface area is 158 Å². The van der Waals surface area contributed by atoms with Crippen molar-refractivity contribution in [1.29, 1.82) is 0 Å². The lowest BCUT2D eigenvalue weighted by Gasteiger charge is -2.11. The van der Waals surface area contributed by atoms with Crippen LogP contribution in [0.15, 0.2) is 48.5 Å². The van der Waals surface area contributed by atoms with Crippen molar-refractivity contribution in [2.45, 2.75) is 12.8 Å². The summed E-state index contributed by atoms with van der Waals surface area (Å²) in [4.78, 5) is 12.0. The number of hydrogen-bond donors (Lipinski definition) is 2. The molecule has 0 heterocycles. The Balaban J connectivity index is 1.81. The van der Waals surface area contributed by atoms with Gasteiger partial charge in [-0.3, -0.25) is 4.79 Å². The van der Waals surface area contributed by atoms with Crippen LogP contribution in [0.5, 0.6) is 5.75 Å². The molecule has 26 heavy (non-hydrogen) atoms. The number of amides is 1. The van der Waals surface area contributed by atoms with Crippen LogP contribution >= 0.6 is 11.6 Å². The van der Waals surface area contributed by atoms with Gasteiger partial charge in [-0.1, -0.05) is 41.9 Å². The van der Waals surface area contributed by atoms with Crippen LogP contribution in [0.1, 0.15) is 12.0 Å². The molecule has 2 rings (SSSR count). The molecule has 0 fully saturated rings. The SMILES string of the molecule is COc1ccc(Cl)cc1NC(=O)CNS(=O)(=O)CCCc1ccccc1.